The first kappa shape index (κ1) is 27.0. The van der Waals surface area contributed by atoms with Gasteiger partial charge in [-0.2, -0.15) is 4.31 Å². The minimum absolute atomic E-state index is 0.125. The highest BCUT2D eigenvalue weighted by molar-refractivity contribution is 7.89. The van der Waals surface area contributed by atoms with E-state index in [-0.39, 0.29) is 17.8 Å². The summed E-state index contributed by atoms with van der Waals surface area (Å²) >= 11 is 1.58. The number of ether oxygens (including phenoxy) is 1. The van der Waals surface area contributed by atoms with Gasteiger partial charge in [0.1, 0.15) is 6.10 Å². The summed E-state index contributed by atoms with van der Waals surface area (Å²) in [6, 6.07) is 6.28. The predicted molar refractivity (Wildman–Crippen MR) is 154 cm³/mol. The lowest BCUT2D eigenvalue weighted by molar-refractivity contribution is 0.170. The minimum Gasteiger partial charge on any atom is -0.467 e. The number of hydrogen-bond donors (Lipinski definition) is 0. The van der Waals surface area contributed by atoms with E-state index in [1.54, 1.807) is 15.6 Å². The van der Waals surface area contributed by atoms with E-state index in [2.05, 4.69) is 40.0 Å². The predicted octanol–water partition coefficient (Wildman–Crippen LogP) is 5.16. The van der Waals surface area contributed by atoms with Gasteiger partial charge in [-0.05, 0) is 47.6 Å². The normalized spacial score (nSPS) is 17.8. The molecule has 1 aromatic carbocycles. The van der Waals surface area contributed by atoms with Gasteiger partial charge in [0.25, 0.3) is 5.19 Å². The molecule has 0 saturated carbocycles. The van der Waals surface area contributed by atoms with E-state index in [1.165, 1.54) is 11.1 Å². The first-order chi connectivity index (χ1) is 18.3. The van der Waals surface area contributed by atoms with Crippen LogP contribution in [0.1, 0.15) is 57.6 Å². The Morgan fingerprint density at radius 1 is 1.13 bits per heavy atom. The number of fused-ring (bicyclic) bond motifs is 1. The molecule has 3 aromatic rings. The molecule has 0 amide bonds. The van der Waals surface area contributed by atoms with E-state index in [1.807, 2.05) is 32.3 Å². The number of aromatic nitrogens is 3. The van der Waals surface area contributed by atoms with Gasteiger partial charge in [-0.3, -0.25) is 0 Å². The Hall–Kier alpha value is -2.56. The van der Waals surface area contributed by atoms with Crippen LogP contribution in [0.4, 0.5) is 5.95 Å². The highest BCUT2D eigenvalue weighted by atomic mass is 32.2. The number of nitrogens with zero attached hydrogens (tertiary/aromatic N) is 5. The minimum atomic E-state index is -3.20. The van der Waals surface area contributed by atoms with Crippen LogP contribution in [0.2, 0.25) is 0 Å². The maximum Gasteiger partial charge on any atom is 0.274 e. The van der Waals surface area contributed by atoms with Crippen molar-refractivity contribution in [1.82, 2.24) is 19.3 Å². The second kappa shape index (κ2) is 11.7. The quantitative estimate of drug-likeness (QED) is 0.360. The van der Waals surface area contributed by atoms with E-state index in [0.717, 1.165) is 60.5 Å². The molecule has 1 fully saturated rings. The number of hydrogen-bond acceptors (Lipinski definition) is 8. The van der Waals surface area contributed by atoms with Gasteiger partial charge in [-0.15, -0.1) is 0 Å². The molecule has 2 aromatic heterocycles. The van der Waals surface area contributed by atoms with Gasteiger partial charge in [0.2, 0.25) is 16.0 Å². The molecule has 5 rings (SSSR count). The van der Waals surface area contributed by atoms with E-state index >= 15 is 0 Å². The summed E-state index contributed by atoms with van der Waals surface area (Å²) in [4.78, 5) is 16.1. The second-order valence-electron chi connectivity index (χ2n) is 10.6. The summed E-state index contributed by atoms with van der Waals surface area (Å²) in [5.41, 5.74) is 4.44. The maximum atomic E-state index is 12.6. The Labute approximate surface area is 229 Å². The average Bonchev–Trinajstić information content (AvgIpc) is 3.31. The largest absolute Gasteiger partial charge is 0.467 e. The van der Waals surface area contributed by atoms with Gasteiger partial charge in [-0.1, -0.05) is 50.7 Å². The molecular weight excluding hydrogens is 518 g/mol. The molecule has 0 aliphatic carbocycles. The first-order valence-corrected chi connectivity index (χ1v) is 16.0. The SMILES string of the molecule is CCCc1cnc(N2CCC(Oc3nc4ccc(C5=CCN(S(=O)(=O)CC(C)C)CC5)cc4s3)CC2)nc1. The lowest BCUT2D eigenvalue weighted by atomic mass is 10.0. The maximum absolute atomic E-state index is 12.6. The van der Waals surface area contributed by atoms with Crippen molar-refractivity contribution in [2.45, 2.75) is 59.0 Å². The van der Waals surface area contributed by atoms with E-state index in [9.17, 15) is 8.42 Å². The third-order valence-electron chi connectivity index (χ3n) is 7.07. The number of rotatable bonds is 9. The van der Waals surface area contributed by atoms with Crippen LogP contribution >= 0.6 is 11.3 Å². The van der Waals surface area contributed by atoms with Gasteiger partial charge >= 0.3 is 0 Å². The van der Waals surface area contributed by atoms with Crippen molar-refractivity contribution in [2.24, 2.45) is 5.92 Å². The highest BCUT2D eigenvalue weighted by Gasteiger charge is 2.26. The third kappa shape index (κ3) is 6.35. The Bertz CT molecular complexity index is 1380. The number of benzene rings is 1. The highest BCUT2D eigenvalue weighted by Crippen LogP contribution is 2.33. The molecule has 38 heavy (non-hydrogen) atoms. The summed E-state index contributed by atoms with van der Waals surface area (Å²) in [6.07, 6.45) is 10.7. The molecule has 10 heteroatoms. The van der Waals surface area contributed by atoms with Crippen LogP contribution in [0.5, 0.6) is 5.19 Å². The van der Waals surface area contributed by atoms with Gasteiger partial charge in [0, 0.05) is 51.4 Å². The van der Waals surface area contributed by atoms with Crippen LogP contribution in [0.25, 0.3) is 15.8 Å². The van der Waals surface area contributed by atoms with E-state index < -0.39 is 10.0 Å². The van der Waals surface area contributed by atoms with Gasteiger partial charge in [0.05, 0.1) is 16.0 Å². The van der Waals surface area contributed by atoms with Crippen molar-refractivity contribution < 1.29 is 13.2 Å². The number of piperidine rings is 1. The van der Waals surface area contributed by atoms with Crippen LogP contribution in [-0.2, 0) is 16.4 Å². The Morgan fingerprint density at radius 3 is 2.55 bits per heavy atom. The van der Waals surface area contributed by atoms with Crippen LogP contribution in [0.3, 0.4) is 0 Å². The lowest BCUT2D eigenvalue weighted by Crippen LogP contribution is -2.39. The monoisotopic (exact) mass is 555 g/mol. The van der Waals surface area contributed by atoms with Crippen LogP contribution < -0.4 is 9.64 Å². The topological polar surface area (TPSA) is 88.5 Å². The molecule has 8 nitrogen and oxygen atoms in total. The fraction of sp³-hybridized carbons (Fsp3) is 0.536. The molecule has 0 radical (unpaired) electrons. The molecule has 0 N–H and O–H groups in total. The van der Waals surface area contributed by atoms with E-state index in [4.69, 9.17) is 9.72 Å². The molecule has 0 spiro atoms. The van der Waals surface area contributed by atoms with Crippen molar-refractivity contribution >= 4 is 43.1 Å². The number of anilines is 1. The molecule has 204 valence electrons. The van der Waals surface area contributed by atoms with Crippen molar-refractivity contribution in [2.75, 3.05) is 36.8 Å². The van der Waals surface area contributed by atoms with Crippen LogP contribution in [0, 0.1) is 5.92 Å². The summed E-state index contributed by atoms with van der Waals surface area (Å²) in [5, 5.41) is 0.708. The zero-order valence-corrected chi connectivity index (χ0v) is 24.1. The zero-order chi connectivity index (χ0) is 26.7. The smallest absolute Gasteiger partial charge is 0.274 e. The van der Waals surface area contributed by atoms with Crippen molar-refractivity contribution in [3.8, 4) is 5.19 Å². The lowest BCUT2D eigenvalue weighted by Gasteiger charge is -2.31. The van der Waals surface area contributed by atoms with Crippen LogP contribution in [0.15, 0.2) is 36.7 Å². The average molecular weight is 556 g/mol. The fourth-order valence-electron chi connectivity index (χ4n) is 5.09. The van der Waals surface area contributed by atoms with Crippen molar-refractivity contribution in [3.63, 3.8) is 0 Å². The first-order valence-electron chi connectivity index (χ1n) is 13.6. The molecule has 0 bridgehead atoms. The Morgan fingerprint density at radius 2 is 1.89 bits per heavy atom. The summed E-state index contributed by atoms with van der Waals surface area (Å²) < 4.78 is 34.1. The zero-order valence-electron chi connectivity index (χ0n) is 22.5. The molecule has 0 atom stereocenters. The van der Waals surface area contributed by atoms with Gasteiger partial charge < -0.3 is 9.64 Å². The van der Waals surface area contributed by atoms with Crippen LogP contribution in [-0.4, -0.2) is 65.7 Å². The van der Waals surface area contributed by atoms with E-state index in [0.29, 0.717) is 24.7 Å². The molecular formula is C28H37N5O3S2. The Balaban J connectivity index is 1.18. The van der Waals surface area contributed by atoms with Gasteiger partial charge in [0.15, 0.2) is 0 Å². The summed E-state index contributed by atoms with van der Waals surface area (Å²) in [7, 11) is -3.20. The summed E-state index contributed by atoms with van der Waals surface area (Å²) in [6.45, 7) is 8.74. The fourth-order valence-corrected chi connectivity index (χ4v) is 7.74. The summed E-state index contributed by atoms with van der Waals surface area (Å²) in [5.74, 6) is 1.12. The standard InChI is InChI=1S/C28H37N5O3S2/c1-4-5-21-17-29-27(30-18-21)32-12-10-24(11-13-32)36-28-31-25-7-6-23(16-26(25)37-28)22-8-14-33(15-9-22)38(34,35)19-20(2)3/h6-8,16-18,20,24H,4-5,9-15,19H2,1-3H3. The van der Waals surface area contributed by atoms with Crippen molar-refractivity contribution in [1.29, 1.82) is 0 Å². The molecule has 1 saturated heterocycles. The van der Waals surface area contributed by atoms with Crippen molar-refractivity contribution in [3.05, 3.63) is 47.8 Å². The second-order valence-corrected chi connectivity index (χ2v) is 13.6. The number of aryl methyl sites for hydroxylation is 1. The molecule has 0 unspecified atom stereocenters. The molecule has 4 heterocycles. The number of thiazole rings is 1. The number of sulfonamides is 1. The Kier molecular flexibility index (Phi) is 8.30. The molecule has 2 aliphatic rings. The third-order valence-corrected chi connectivity index (χ3v) is 10.2. The molecule has 2 aliphatic heterocycles. The van der Waals surface area contributed by atoms with Gasteiger partial charge in [-0.25, -0.2) is 23.4 Å².